The van der Waals surface area contributed by atoms with E-state index in [9.17, 15) is 14.4 Å². The zero-order valence-electron chi connectivity index (χ0n) is 49.2. The summed E-state index contributed by atoms with van der Waals surface area (Å²) in [6.07, 6.45) is 88.7. The Kier molecular flexibility index (Phi) is 59.4. The molecule has 0 rings (SSSR count). The zero-order chi connectivity index (χ0) is 55.0. The smallest absolute Gasteiger partial charge is 0.306 e. The summed E-state index contributed by atoms with van der Waals surface area (Å²) in [7, 11) is 0. The number of unbranched alkanes of at least 4 members (excludes halogenated alkanes) is 22. The Hall–Kier alpha value is -4.45. The van der Waals surface area contributed by atoms with Crippen LogP contribution in [-0.2, 0) is 28.6 Å². The van der Waals surface area contributed by atoms with Gasteiger partial charge in [0.25, 0.3) is 0 Å². The molecule has 0 aliphatic heterocycles. The number of carbonyl (C=O) groups excluding carboxylic acids is 3. The van der Waals surface area contributed by atoms with Crippen LogP contribution in [0.1, 0.15) is 271 Å². The van der Waals surface area contributed by atoms with E-state index in [1.165, 1.54) is 70.6 Å². The number of hydrogen-bond acceptors (Lipinski definition) is 6. The van der Waals surface area contributed by atoms with Gasteiger partial charge in [-0.2, -0.15) is 0 Å². The highest BCUT2D eigenvalue weighted by molar-refractivity contribution is 5.71. The Labute approximate surface area is 468 Å². The number of carbonyl (C=O) groups is 3. The number of rotatable bonds is 55. The second kappa shape index (κ2) is 63.1. The summed E-state index contributed by atoms with van der Waals surface area (Å²) in [6, 6.07) is 0. The maximum absolute atomic E-state index is 12.9. The maximum atomic E-state index is 12.9. The molecule has 0 spiro atoms. The van der Waals surface area contributed by atoms with Gasteiger partial charge in [-0.25, -0.2) is 0 Å². The third-order valence-corrected chi connectivity index (χ3v) is 12.9. The molecular formula is C70H114O6. The summed E-state index contributed by atoms with van der Waals surface area (Å²) in [4.78, 5) is 38.3. The molecule has 0 heterocycles. The fourth-order valence-electron chi connectivity index (χ4n) is 8.25. The van der Waals surface area contributed by atoms with Gasteiger partial charge in [0, 0.05) is 19.3 Å². The molecule has 0 saturated heterocycles. The highest BCUT2D eigenvalue weighted by Gasteiger charge is 2.19. The highest BCUT2D eigenvalue weighted by Crippen LogP contribution is 2.14. The molecule has 76 heavy (non-hydrogen) atoms. The van der Waals surface area contributed by atoms with Crippen LogP contribution in [0.4, 0.5) is 0 Å². The van der Waals surface area contributed by atoms with Gasteiger partial charge in [0.1, 0.15) is 13.2 Å². The number of ether oxygens (including phenoxy) is 3. The van der Waals surface area contributed by atoms with Crippen LogP contribution < -0.4 is 0 Å². The van der Waals surface area contributed by atoms with Crippen molar-refractivity contribution in [1.82, 2.24) is 0 Å². The van der Waals surface area contributed by atoms with Crippen LogP contribution in [-0.4, -0.2) is 37.2 Å². The number of allylic oxidation sites excluding steroid dienone is 22. The molecule has 0 fully saturated rings. The predicted octanol–water partition coefficient (Wildman–Crippen LogP) is 21.4. The van der Waals surface area contributed by atoms with Crippen LogP contribution in [0, 0.1) is 0 Å². The van der Waals surface area contributed by atoms with Crippen molar-refractivity contribution in [3.8, 4) is 0 Å². The van der Waals surface area contributed by atoms with Crippen LogP contribution in [0.3, 0.4) is 0 Å². The molecule has 0 aliphatic rings. The Morgan fingerprint density at radius 3 is 0.803 bits per heavy atom. The average Bonchev–Trinajstić information content (AvgIpc) is 3.42. The topological polar surface area (TPSA) is 78.9 Å². The molecule has 6 nitrogen and oxygen atoms in total. The van der Waals surface area contributed by atoms with Gasteiger partial charge in [-0.1, -0.05) is 251 Å². The van der Waals surface area contributed by atoms with Crippen molar-refractivity contribution in [2.24, 2.45) is 0 Å². The first-order valence-electron chi connectivity index (χ1n) is 31.2. The van der Waals surface area contributed by atoms with Gasteiger partial charge < -0.3 is 14.2 Å². The number of hydrogen-bond donors (Lipinski definition) is 0. The SMILES string of the molecule is CC/C=C\C/C=C\C/C=C\C/C=C\C/C=C\C/C=C\CCCCCCCCC(=O)OCC(COC(=O)CCCCCCC/C=C\C/C=C\C/C=C\CC)OC(=O)CCCCCCCCC/C=C\C/C=C\CCCCCC. The summed E-state index contributed by atoms with van der Waals surface area (Å²) in [5.74, 6) is -0.936. The predicted molar refractivity (Wildman–Crippen MR) is 329 cm³/mol. The zero-order valence-corrected chi connectivity index (χ0v) is 49.2. The molecule has 0 radical (unpaired) electrons. The van der Waals surface area contributed by atoms with E-state index in [2.05, 4.69) is 154 Å². The average molecular weight is 1050 g/mol. The van der Waals surface area contributed by atoms with E-state index in [4.69, 9.17) is 14.2 Å². The fourth-order valence-corrected chi connectivity index (χ4v) is 8.25. The third-order valence-electron chi connectivity index (χ3n) is 12.9. The van der Waals surface area contributed by atoms with E-state index in [0.29, 0.717) is 19.3 Å². The fraction of sp³-hybridized carbons (Fsp3) is 0.643. The molecule has 0 bridgehead atoms. The van der Waals surface area contributed by atoms with E-state index >= 15 is 0 Å². The molecule has 0 aliphatic carbocycles. The Morgan fingerprint density at radius 1 is 0.276 bits per heavy atom. The summed E-state index contributed by atoms with van der Waals surface area (Å²) in [5.41, 5.74) is 0. The van der Waals surface area contributed by atoms with Crippen LogP contribution in [0.25, 0.3) is 0 Å². The van der Waals surface area contributed by atoms with E-state index in [1.54, 1.807) is 0 Å². The summed E-state index contributed by atoms with van der Waals surface area (Å²) < 4.78 is 16.9. The standard InChI is InChI=1S/C70H114O6/c1-4-7-10-13-16-19-22-25-28-30-32-33-34-35-36-37-38-40-42-45-48-51-54-57-60-63-69(72)75-66-67(65-74-68(71)62-59-56-53-50-47-44-41-27-24-21-18-15-12-9-6-3)76-70(73)64-61-58-55-52-49-46-43-39-31-29-26-23-20-17-14-11-8-5-2/h7,9-10,12,16,18-21,23,25,27-29,31-33,35-36,38,40-41,67H,4-6,8,11,13-15,17,22,24,26,30,34,37,39,42-66H2,1-3H3/b10-7-,12-9-,19-16-,21-18-,23-20-,28-25-,31-29-,33-32-,36-35-,40-38-,41-27-. The molecule has 1 atom stereocenters. The largest absolute Gasteiger partial charge is 0.462 e. The second-order valence-electron chi connectivity index (χ2n) is 20.2. The van der Waals surface area contributed by atoms with Gasteiger partial charge in [-0.3, -0.25) is 14.4 Å². The van der Waals surface area contributed by atoms with Crippen molar-refractivity contribution in [2.45, 2.75) is 277 Å². The molecule has 0 amide bonds. The minimum atomic E-state index is -0.802. The van der Waals surface area contributed by atoms with Crippen molar-refractivity contribution in [2.75, 3.05) is 13.2 Å². The molecule has 430 valence electrons. The van der Waals surface area contributed by atoms with Crippen molar-refractivity contribution >= 4 is 17.9 Å². The van der Waals surface area contributed by atoms with Crippen LogP contribution in [0.5, 0.6) is 0 Å². The third kappa shape index (κ3) is 60.4. The summed E-state index contributed by atoms with van der Waals surface area (Å²) in [6.45, 7) is 6.37. The van der Waals surface area contributed by atoms with Crippen molar-refractivity contribution in [3.63, 3.8) is 0 Å². The molecule has 0 saturated carbocycles. The van der Waals surface area contributed by atoms with Gasteiger partial charge in [0.2, 0.25) is 0 Å². The Bertz CT molecular complexity index is 1630. The Morgan fingerprint density at radius 2 is 0.513 bits per heavy atom. The molecule has 0 aromatic rings. The molecule has 0 N–H and O–H groups in total. The Balaban J connectivity index is 4.44. The van der Waals surface area contributed by atoms with E-state index in [1.807, 2.05) is 0 Å². The van der Waals surface area contributed by atoms with E-state index in [0.717, 1.165) is 161 Å². The van der Waals surface area contributed by atoms with Gasteiger partial charge in [-0.05, 0) is 135 Å². The van der Waals surface area contributed by atoms with Crippen LogP contribution in [0.2, 0.25) is 0 Å². The van der Waals surface area contributed by atoms with E-state index in [-0.39, 0.29) is 31.1 Å². The quantitative estimate of drug-likeness (QED) is 0.0261. The second-order valence-corrected chi connectivity index (χ2v) is 20.2. The highest BCUT2D eigenvalue weighted by atomic mass is 16.6. The molecule has 1 unspecified atom stereocenters. The first kappa shape index (κ1) is 71.5. The van der Waals surface area contributed by atoms with Crippen LogP contribution >= 0.6 is 0 Å². The first-order valence-corrected chi connectivity index (χ1v) is 31.2. The van der Waals surface area contributed by atoms with Crippen molar-refractivity contribution in [1.29, 1.82) is 0 Å². The lowest BCUT2D eigenvalue weighted by Gasteiger charge is -2.18. The number of esters is 3. The molecular weight excluding hydrogens is 937 g/mol. The van der Waals surface area contributed by atoms with Gasteiger partial charge >= 0.3 is 17.9 Å². The van der Waals surface area contributed by atoms with Crippen molar-refractivity contribution < 1.29 is 28.6 Å². The molecule has 0 aromatic carbocycles. The van der Waals surface area contributed by atoms with E-state index < -0.39 is 6.10 Å². The van der Waals surface area contributed by atoms with Gasteiger partial charge in [0.15, 0.2) is 6.10 Å². The lowest BCUT2D eigenvalue weighted by molar-refractivity contribution is -0.167. The normalized spacial score (nSPS) is 13.0. The lowest BCUT2D eigenvalue weighted by atomic mass is 10.1. The molecule has 6 heteroatoms. The maximum Gasteiger partial charge on any atom is 0.306 e. The molecule has 0 aromatic heterocycles. The minimum Gasteiger partial charge on any atom is -0.462 e. The summed E-state index contributed by atoms with van der Waals surface area (Å²) >= 11 is 0. The first-order chi connectivity index (χ1) is 37.5. The van der Waals surface area contributed by atoms with Gasteiger partial charge in [0.05, 0.1) is 0 Å². The summed E-state index contributed by atoms with van der Waals surface area (Å²) in [5, 5.41) is 0. The van der Waals surface area contributed by atoms with Gasteiger partial charge in [-0.15, -0.1) is 0 Å². The lowest BCUT2D eigenvalue weighted by Crippen LogP contribution is -2.30. The van der Waals surface area contributed by atoms with Crippen molar-refractivity contribution in [3.05, 3.63) is 134 Å². The monoisotopic (exact) mass is 1050 g/mol. The minimum absolute atomic E-state index is 0.0987. The van der Waals surface area contributed by atoms with Crippen LogP contribution in [0.15, 0.2) is 134 Å².